The molecule has 0 bridgehead atoms. The summed E-state index contributed by atoms with van der Waals surface area (Å²) in [6, 6.07) is 0. The van der Waals surface area contributed by atoms with Gasteiger partial charge in [0.05, 0.1) is 5.37 Å². The van der Waals surface area contributed by atoms with Gasteiger partial charge in [-0.2, -0.15) is 8.42 Å². The first-order valence-corrected chi connectivity index (χ1v) is 4.09. The Hall–Kier alpha value is -0.310. The number of rotatable bonds is 3. The molecular formula is C6H11O2S. The molecule has 0 aromatic carbocycles. The van der Waals surface area contributed by atoms with Crippen molar-refractivity contribution < 1.29 is 8.42 Å². The molecule has 0 aliphatic rings. The van der Waals surface area contributed by atoms with E-state index in [9.17, 15) is 8.42 Å². The van der Waals surface area contributed by atoms with Crippen LogP contribution in [0.4, 0.5) is 0 Å². The Morgan fingerprint density at radius 1 is 1.56 bits per heavy atom. The minimum Gasteiger partial charge on any atom is -0.184 e. The molecular weight excluding hydrogens is 136 g/mol. The summed E-state index contributed by atoms with van der Waals surface area (Å²) in [5.41, 5.74) is 0. The molecule has 0 fully saturated rings. The third kappa shape index (κ3) is 5.56. The molecule has 0 N–H and O–H groups in total. The highest BCUT2D eigenvalue weighted by Crippen LogP contribution is 1.99. The summed E-state index contributed by atoms with van der Waals surface area (Å²) >= 11 is 0. The van der Waals surface area contributed by atoms with E-state index >= 15 is 0 Å². The van der Waals surface area contributed by atoms with Crippen molar-refractivity contribution in [1.82, 2.24) is 0 Å². The fourth-order valence-corrected chi connectivity index (χ4v) is 1.10. The van der Waals surface area contributed by atoms with E-state index in [2.05, 4.69) is 5.37 Å². The van der Waals surface area contributed by atoms with E-state index in [1.54, 1.807) is 0 Å². The van der Waals surface area contributed by atoms with E-state index < -0.39 is 10.3 Å². The van der Waals surface area contributed by atoms with Crippen LogP contribution in [0.1, 0.15) is 26.7 Å². The van der Waals surface area contributed by atoms with E-state index in [0.29, 0.717) is 0 Å². The maximum absolute atomic E-state index is 9.97. The third-order valence-corrected chi connectivity index (χ3v) is 1.61. The van der Waals surface area contributed by atoms with Crippen LogP contribution in [-0.4, -0.2) is 13.8 Å². The summed E-state index contributed by atoms with van der Waals surface area (Å²) in [7, 11) is -2.10. The molecule has 0 heterocycles. The summed E-state index contributed by atoms with van der Waals surface area (Å²) in [6.07, 6.45) is 1.90. The maximum atomic E-state index is 9.97. The molecule has 0 aromatic heterocycles. The highest BCUT2D eigenvalue weighted by atomic mass is 32.2. The van der Waals surface area contributed by atoms with Gasteiger partial charge in [0.2, 0.25) is 10.3 Å². The van der Waals surface area contributed by atoms with Crippen LogP contribution in [0.3, 0.4) is 0 Å². The van der Waals surface area contributed by atoms with Crippen molar-refractivity contribution >= 4 is 15.7 Å². The molecule has 0 saturated carbocycles. The van der Waals surface area contributed by atoms with Crippen LogP contribution in [0, 0.1) is 5.92 Å². The zero-order valence-electron chi connectivity index (χ0n) is 5.72. The van der Waals surface area contributed by atoms with Crippen LogP contribution in [0.2, 0.25) is 0 Å². The molecule has 1 atom stereocenters. The predicted molar refractivity (Wildman–Crippen MR) is 38.0 cm³/mol. The Morgan fingerprint density at radius 2 is 2.11 bits per heavy atom. The van der Waals surface area contributed by atoms with Gasteiger partial charge in [-0.05, 0) is 12.3 Å². The van der Waals surface area contributed by atoms with Crippen LogP contribution < -0.4 is 0 Å². The summed E-state index contributed by atoms with van der Waals surface area (Å²) in [5.74, 6) is 0.0772. The summed E-state index contributed by atoms with van der Waals surface area (Å²) in [4.78, 5) is 0. The highest BCUT2D eigenvalue weighted by molar-refractivity contribution is 7.71. The van der Waals surface area contributed by atoms with Crippen molar-refractivity contribution in [3.8, 4) is 0 Å². The van der Waals surface area contributed by atoms with Gasteiger partial charge in [-0.3, -0.25) is 0 Å². The quantitative estimate of drug-likeness (QED) is 0.558. The van der Waals surface area contributed by atoms with Crippen LogP contribution in [0.15, 0.2) is 0 Å². The van der Waals surface area contributed by atoms with Gasteiger partial charge in [0.15, 0.2) is 0 Å². The topological polar surface area (TPSA) is 34.1 Å². The lowest BCUT2D eigenvalue weighted by Crippen LogP contribution is -1.94. The molecule has 0 amide bonds. The van der Waals surface area contributed by atoms with E-state index in [-0.39, 0.29) is 5.92 Å². The van der Waals surface area contributed by atoms with Gasteiger partial charge in [-0.15, -0.1) is 0 Å². The predicted octanol–water partition coefficient (Wildman–Crippen LogP) is 0.981. The Kier molecular flexibility index (Phi) is 4.40. The summed E-state index contributed by atoms with van der Waals surface area (Å²) < 4.78 is 19.9. The lowest BCUT2D eigenvalue weighted by atomic mass is 10.1. The van der Waals surface area contributed by atoms with E-state index in [1.807, 2.05) is 13.8 Å². The Labute approximate surface area is 57.4 Å². The highest BCUT2D eigenvalue weighted by Gasteiger charge is 1.95. The smallest absolute Gasteiger partial charge is 0.184 e. The van der Waals surface area contributed by atoms with Crippen LogP contribution in [0.5, 0.6) is 0 Å². The van der Waals surface area contributed by atoms with Crippen molar-refractivity contribution in [3.63, 3.8) is 0 Å². The van der Waals surface area contributed by atoms with E-state index in [4.69, 9.17) is 0 Å². The second-order valence-electron chi connectivity index (χ2n) is 2.04. The van der Waals surface area contributed by atoms with Crippen LogP contribution >= 0.6 is 0 Å². The lowest BCUT2D eigenvalue weighted by Gasteiger charge is -1.95. The number of hydrogen-bond donors (Lipinski definition) is 0. The van der Waals surface area contributed by atoms with E-state index in [1.165, 1.54) is 0 Å². The van der Waals surface area contributed by atoms with Crippen molar-refractivity contribution in [2.75, 3.05) is 0 Å². The third-order valence-electron chi connectivity index (χ3n) is 1.02. The zero-order chi connectivity index (χ0) is 7.28. The molecule has 0 aliphatic carbocycles. The lowest BCUT2D eigenvalue weighted by molar-refractivity contribution is 0.624. The first-order chi connectivity index (χ1) is 4.16. The van der Waals surface area contributed by atoms with Gasteiger partial charge >= 0.3 is 0 Å². The zero-order valence-corrected chi connectivity index (χ0v) is 6.53. The van der Waals surface area contributed by atoms with Gasteiger partial charge in [-0.25, -0.2) is 0 Å². The molecule has 0 aliphatic heterocycles. The van der Waals surface area contributed by atoms with Crippen molar-refractivity contribution in [2.45, 2.75) is 26.7 Å². The van der Waals surface area contributed by atoms with Gasteiger partial charge in [0, 0.05) is 0 Å². The second-order valence-corrected chi connectivity index (χ2v) is 2.75. The average Bonchev–Trinajstić information content (AvgIpc) is 1.63. The standard InChI is InChI=1S/C6H11O2S/c1-3-4-6(2)5-9(7)8/h6H,3-4H2,1-2H3. The molecule has 0 spiro atoms. The van der Waals surface area contributed by atoms with Crippen LogP contribution in [-0.2, 0) is 10.3 Å². The first kappa shape index (κ1) is 8.69. The average molecular weight is 147 g/mol. The van der Waals surface area contributed by atoms with Gasteiger partial charge < -0.3 is 0 Å². The monoisotopic (exact) mass is 147 g/mol. The first-order valence-electron chi connectivity index (χ1n) is 3.02. The fraction of sp³-hybridized carbons (Fsp3) is 0.833. The largest absolute Gasteiger partial charge is 0.218 e. The molecule has 53 valence electrons. The van der Waals surface area contributed by atoms with Gasteiger partial charge in [0.25, 0.3) is 0 Å². The SMILES string of the molecule is CCCC(C)[C]=S(=O)=O. The van der Waals surface area contributed by atoms with Gasteiger partial charge in [0.1, 0.15) is 0 Å². The number of hydrogen-bond acceptors (Lipinski definition) is 2. The second kappa shape index (κ2) is 4.56. The Morgan fingerprint density at radius 3 is 2.44 bits per heavy atom. The van der Waals surface area contributed by atoms with Crippen molar-refractivity contribution in [2.24, 2.45) is 5.92 Å². The Balaban J connectivity index is 3.77. The minimum atomic E-state index is -2.10. The van der Waals surface area contributed by atoms with Crippen molar-refractivity contribution in [1.29, 1.82) is 0 Å². The molecule has 9 heavy (non-hydrogen) atoms. The molecule has 0 rings (SSSR count). The summed E-state index contributed by atoms with van der Waals surface area (Å²) in [6.45, 7) is 3.87. The molecule has 1 unspecified atom stereocenters. The Bertz CT molecular complexity index is 171. The minimum absolute atomic E-state index is 0.0772. The van der Waals surface area contributed by atoms with Crippen molar-refractivity contribution in [3.05, 3.63) is 0 Å². The molecule has 0 aromatic rings. The maximum Gasteiger partial charge on any atom is 0.218 e. The van der Waals surface area contributed by atoms with Crippen LogP contribution in [0.25, 0.3) is 0 Å². The van der Waals surface area contributed by atoms with Gasteiger partial charge in [-0.1, -0.05) is 20.3 Å². The molecule has 2 nitrogen and oxygen atoms in total. The molecule has 1 radical (unpaired) electrons. The van der Waals surface area contributed by atoms with E-state index in [0.717, 1.165) is 12.8 Å². The molecule has 3 heteroatoms. The normalized spacial score (nSPS) is 12.7. The fourth-order valence-electron chi connectivity index (χ4n) is 0.656. The summed E-state index contributed by atoms with van der Waals surface area (Å²) in [5, 5.41) is 2.36. The molecule has 0 saturated heterocycles.